The van der Waals surface area contributed by atoms with Crippen LogP contribution in [0.25, 0.3) is 11.1 Å². The van der Waals surface area contributed by atoms with Gasteiger partial charge in [0.1, 0.15) is 22.4 Å². The Kier molecular flexibility index (Phi) is 5.30. The van der Waals surface area contributed by atoms with E-state index in [1.54, 1.807) is 18.2 Å². The van der Waals surface area contributed by atoms with Gasteiger partial charge in [-0.3, -0.25) is 4.79 Å². The van der Waals surface area contributed by atoms with Gasteiger partial charge in [-0.15, -0.1) is 0 Å². The number of rotatable bonds is 4. The molecule has 26 heavy (non-hydrogen) atoms. The fourth-order valence-electron chi connectivity index (χ4n) is 2.65. The maximum Gasteiger partial charge on any atom is 0.267 e. The fraction of sp³-hybridized carbons (Fsp3) is 0.105. The first-order valence-corrected chi connectivity index (χ1v) is 8.34. The summed E-state index contributed by atoms with van der Waals surface area (Å²) in [5, 5.41) is 0.333. The molecule has 0 radical (unpaired) electrons. The highest BCUT2D eigenvalue weighted by molar-refractivity contribution is 6.34. The number of hydrogen-bond donors (Lipinski definition) is 1. The molecule has 7 heteroatoms. The molecule has 2 aromatic carbocycles. The van der Waals surface area contributed by atoms with Gasteiger partial charge in [-0.2, -0.15) is 0 Å². The van der Waals surface area contributed by atoms with E-state index in [1.165, 1.54) is 19.4 Å². The van der Waals surface area contributed by atoms with Gasteiger partial charge in [-0.1, -0.05) is 29.3 Å². The predicted octanol–water partition coefficient (Wildman–Crippen LogP) is 5.23. The molecule has 1 aromatic heterocycles. The van der Waals surface area contributed by atoms with Crippen LogP contribution in [0.15, 0.2) is 47.4 Å². The molecule has 3 rings (SSSR count). The first-order chi connectivity index (χ1) is 12.4. The molecular weight excluding hydrogens is 383 g/mol. The lowest BCUT2D eigenvalue weighted by molar-refractivity contribution is 0.415. The molecule has 0 unspecified atom stereocenters. The highest BCUT2D eigenvalue weighted by Gasteiger charge is 2.17. The third-order valence-corrected chi connectivity index (χ3v) is 4.71. The van der Waals surface area contributed by atoms with Crippen molar-refractivity contribution in [1.29, 1.82) is 0 Å². The Morgan fingerprint density at radius 3 is 2.54 bits per heavy atom. The van der Waals surface area contributed by atoms with Crippen molar-refractivity contribution in [3.63, 3.8) is 0 Å². The minimum atomic E-state index is -0.718. The van der Waals surface area contributed by atoms with Crippen LogP contribution in [0.1, 0.15) is 11.1 Å². The van der Waals surface area contributed by atoms with Crippen LogP contribution in [0.4, 0.5) is 8.78 Å². The molecule has 0 saturated carbocycles. The highest BCUT2D eigenvalue weighted by Crippen LogP contribution is 2.35. The molecule has 0 atom stereocenters. The van der Waals surface area contributed by atoms with Gasteiger partial charge >= 0.3 is 0 Å². The molecule has 0 amide bonds. The van der Waals surface area contributed by atoms with E-state index in [4.69, 9.17) is 27.9 Å². The Morgan fingerprint density at radius 1 is 1.08 bits per heavy atom. The van der Waals surface area contributed by atoms with Crippen molar-refractivity contribution in [3.05, 3.63) is 85.8 Å². The molecule has 134 valence electrons. The summed E-state index contributed by atoms with van der Waals surface area (Å²) in [6.07, 6.45) is 1.46. The number of benzene rings is 2. The lowest BCUT2D eigenvalue weighted by atomic mass is 9.96. The average Bonchev–Trinajstić information content (AvgIpc) is 2.62. The van der Waals surface area contributed by atoms with Crippen LogP contribution in [0.3, 0.4) is 0 Å². The number of aromatic amines is 1. The zero-order valence-corrected chi connectivity index (χ0v) is 15.1. The zero-order valence-electron chi connectivity index (χ0n) is 13.6. The van der Waals surface area contributed by atoms with Crippen molar-refractivity contribution in [2.24, 2.45) is 0 Å². The van der Waals surface area contributed by atoms with E-state index < -0.39 is 17.2 Å². The van der Waals surface area contributed by atoms with Crippen molar-refractivity contribution in [3.8, 4) is 16.9 Å². The first-order valence-electron chi connectivity index (χ1n) is 7.58. The lowest BCUT2D eigenvalue weighted by Gasteiger charge is -2.14. The molecule has 1 heterocycles. The largest absolute Gasteiger partial charge is 0.497 e. The van der Waals surface area contributed by atoms with E-state index in [1.807, 2.05) is 0 Å². The minimum absolute atomic E-state index is 0.00224. The lowest BCUT2D eigenvalue weighted by Crippen LogP contribution is -2.11. The summed E-state index contributed by atoms with van der Waals surface area (Å²) < 4.78 is 32.5. The Balaban J connectivity index is 2.19. The van der Waals surface area contributed by atoms with Gasteiger partial charge in [0.15, 0.2) is 0 Å². The Morgan fingerprint density at radius 2 is 1.85 bits per heavy atom. The minimum Gasteiger partial charge on any atom is -0.497 e. The fourth-order valence-corrected chi connectivity index (χ4v) is 3.09. The summed E-state index contributed by atoms with van der Waals surface area (Å²) in [6, 6.07) is 8.29. The summed E-state index contributed by atoms with van der Waals surface area (Å²) in [5.41, 5.74) is 1.19. The molecule has 0 fully saturated rings. The predicted molar refractivity (Wildman–Crippen MR) is 98.2 cm³/mol. The van der Waals surface area contributed by atoms with Gasteiger partial charge in [-0.25, -0.2) is 8.78 Å². The summed E-state index contributed by atoms with van der Waals surface area (Å²) in [4.78, 5) is 14.5. The number of hydrogen-bond acceptors (Lipinski definition) is 2. The Labute approximate surface area is 158 Å². The molecule has 0 aliphatic carbocycles. The molecule has 0 aliphatic rings. The number of H-pyrrole nitrogens is 1. The topological polar surface area (TPSA) is 42.1 Å². The number of pyridine rings is 1. The van der Waals surface area contributed by atoms with Gasteiger partial charge in [0, 0.05) is 34.8 Å². The van der Waals surface area contributed by atoms with Crippen molar-refractivity contribution < 1.29 is 13.5 Å². The Bertz CT molecular complexity index is 1030. The van der Waals surface area contributed by atoms with Crippen LogP contribution >= 0.6 is 23.2 Å². The Hall–Kier alpha value is -2.37. The van der Waals surface area contributed by atoms with Crippen LogP contribution < -0.4 is 10.3 Å². The second kappa shape index (κ2) is 7.48. The van der Waals surface area contributed by atoms with Crippen molar-refractivity contribution in [1.82, 2.24) is 4.98 Å². The SMILES string of the molecule is COc1ccc(Cl)c(-c2c[nH]c(=O)c(Cl)c2Cc2ccc(F)cc2F)c1. The second-order valence-corrected chi connectivity index (χ2v) is 6.37. The normalized spacial score (nSPS) is 10.8. The van der Waals surface area contributed by atoms with Crippen LogP contribution in [0, 0.1) is 11.6 Å². The smallest absolute Gasteiger partial charge is 0.267 e. The maximum absolute atomic E-state index is 14.1. The van der Waals surface area contributed by atoms with E-state index >= 15 is 0 Å². The van der Waals surface area contributed by atoms with Gasteiger partial charge < -0.3 is 9.72 Å². The van der Waals surface area contributed by atoms with Gasteiger partial charge in [0.2, 0.25) is 0 Å². The third kappa shape index (κ3) is 3.59. The van der Waals surface area contributed by atoms with Gasteiger partial charge in [-0.05, 0) is 35.4 Å². The number of nitrogens with one attached hydrogen (secondary N) is 1. The average molecular weight is 396 g/mol. The van der Waals surface area contributed by atoms with Crippen LogP contribution in [-0.2, 0) is 6.42 Å². The summed E-state index contributed by atoms with van der Waals surface area (Å²) in [5.74, 6) is -0.839. The molecule has 1 N–H and O–H groups in total. The number of methoxy groups -OCH3 is 1. The van der Waals surface area contributed by atoms with Crippen LogP contribution in [0.2, 0.25) is 10.0 Å². The van der Waals surface area contributed by atoms with E-state index in [0.29, 0.717) is 27.5 Å². The number of ether oxygens (including phenoxy) is 1. The van der Waals surface area contributed by atoms with E-state index in [9.17, 15) is 13.6 Å². The van der Waals surface area contributed by atoms with Crippen molar-refractivity contribution in [2.45, 2.75) is 6.42 Å². The molecule has 0 spiro atoms. The standard InChI is InChI=1S/C19H13Cl2F2NO2/c1-26-12-4-5-16(20)13(8-12)15-9-24-19(25)18(21)14(15)6-10-2-3-11(22)7-17(10)23/h2-5,7-9H,6H2,1H3,(H,24,25). The maximum atomic E-state index is 14.1. The van der Waals surface area contributed by atoms with E-state index in [2.05, 4.69) is 4.98 Å². The molecule has 0 saturated heterocycles. The quantitative estimate of drug-likeness (QED) is 0.657. The number of aromatic nitrogens is 1. The van der Waals surface area contributed by atoms with E-state index in [-0.39, 0.29) is 17.0 Å². The number of halogens is 4. The third-order valence-electron chi connectivity index (χ3n) is 3.98. The van der Waals surface area contributed by atoms with Crippen LogP contribution in [-0.4, -0.2) is 12.1 Å². The second-order valence-electron chi connectivity index (χ2n) is 5.58. The van der Waals surface area contributed by atoms with Crippen molar-refractivity contribution >= 4 is 23.2 Å². The molecule has 3 nitrogen and oxygen atoms in total. The van der Waals surface area contributed by atoms with Gasteiger partial charge in [0.05, 0.1) is 7.11 Å². The zero-order chi connectivity index (χ0) is 18.8. The van der Waals surface area contributed by atoms with Crippen molar-refractivity contribution in [2.75, 3.05) is 7.11 Å². The van der Waals surface area contributed by atoms with Crippen LogP contribution in [0.5, 0.6) is 5.75 Å². The molecule has 0 aliphatic heterocycles. The first kappa shape index (κ1) is 18.4. The molecule has 3 aromatic rings. The monoisotopic (exact) mass is 395 g/mol. The van der Waals surface area contributed by atoms with Gasteiger partial charge in [0.25, 0.3) is 5.56 Å². The molecular formula is C19H13Cl2F2NO2. The summed E-state index contributed by atoms with van der Waals surface area (Å²) in [6.45, 7) is 0. The molecule has 0 bridgehead atoms. The highest BCUT2D eigenvalue weighted by atomic mass is 35.5. The van der Waals surface area contributed by atoms with E-state index in [0.717, 1.165) is 12.1 Å². The summed E-state index contributed by atoms with van der Waals surface area (Å²) in [7, 11) is 1.52. The summed E-state index contributed by atoms with van der Waals surface area (Å²) >= 11 is 12.5.